The number of hydrogen-bond donors (Lipinski definition) is 0. The highest BCUT2D eigenvalue weighted by Gasteiger charge is 2.24. The molecule has 0 bridgehead atoms. The molecule has 0 N–H and O–H groups in total. The average Bonchev–Trinajstić information content (AvgIpc) is 2.67. The summed E-state index contributed by atoms with van der Waals surface area (Å²) in [5.41, 5.74) is 0.429. The number of Topliss-reactive ketones (excluding diaryl/α,β-unsaturated/α-hetero) is 1. The summed E-state index contributed by atoms with van der Waals surface area (Å²) in [6.45, 7) is 1.21. The fourth-order valence-electron chi connectivity index (χ4n) is 3.11. The zero-order valence-corrected chi connectivity index (χ0v) is 15.6. The summed E-state index contributed by atoms with van der Waals surface area (Å²) in [5, 5.41) is 0.630. The number of piperidine rings is 1. The molecule has 4 nitrogen and oxygen atoms in total. The number of amides is 1. The molecule has 142 valence electrons. The molecular formula is C21H21ClFNO3. The van der Waals surface area contributed by atoms with Crippen molar-refractivity contribution < 1.29 is 18.7 Å². The lowest BCUT2D eigenvalue weighted by Crippen LogP contribution is -2.41. The zero-order chi connectivity index (χ0) is 19.2. The Labute approximate surface area is 162 Å². The first-order valence-electron chi connectivity index (χ1n) is 9.00. The number of halogens is 2. The summed E-state index contributed by atoms with van der Waals surface area (Å²) in [6, 6.07) is 12.7. The first-order chi connectivity index (χ1) is 13.0. The second kappa shape index (κ2) is 9.00. The Kier molecular flexibility index (Phi) is 6.45. The SMILES string of the molecule is O=C(CCC(=O)N1CCC(Oc2cccc(Cl)c2)CC1)c1ccc(F)cc1. The molecule has 1 saturated heterocycles. The van der Waals surface area contributed by atoms with Gasteiger partial charge in [-0.25, -0.2) is 4.39 Å². The van der Waals surface area contributed by atoms with Crippen LogP contribution in [0.3, 0.4) is 0 Å². The van der Waals surface area contributed by atoms with Crippen molar-refractivity contribution in [1.29, 1.82) is 0 Å². The first-order valence-corrected chi connectivity index (χ1v) is 9.38. The largest absolute Gasteiger partial charge is 0.490 e. The monoisotopic (exact) mass is 389 g/mol. The van der Waals surface area contributed by atoms with Crippen LogP contribution in [0.15, 0.2) is 48.5 Å². The number of rotatable bonds is 6. The van der Waals surface area contributed by atoms with Crippen molar-refractivity contribution in [2.45, 2.75) is 31.8 Å². The summed E-state index contributed by atoms with van der Waals surface area (Å²) in [7, 11) is 0. The molecule has 0 radical (unpaired) electrons. The van der Waals surface area contributed by atoms with Gasteiger partial charge in [0, 0.05) is 49.4 Å². The molecule has 0 aliphatic carbocycles. The van der Waals surface area contributed by atoms with Gasteiger partial charge in [0.25, 0.3) is 0 Å². The zero-order valence-electron chi connectivity index (χ0n) is 14.9. The minimum atomic E-state index is -0.384. The van der Waals surface area contributed by atoms with E-state index < -0.39 is 0 Å². The highest BCUT2D eigenvalue weighted by atomic mass is 35.5. The minimum Gasteiger partial charge on any atom is -0.490 e. The first kappa shape index (κ1) is 19.4. The van der Waals surface area contributed by atoms with E-state index in [1.54, 1.807) is 17.0 Å². The predicted octanol–water partition coefficient (Wildman–Crippen LogP) is 4.51. The van der Waals surface area contributed by atoms with Crippen molar-refractivity contribution in [3.63, 3.8) is 0 Å². The maximum Gasteiger partial charge on any atom is 0.223 e. The Hall–Kier alpha value is -2.40. The molecule has 1 heterocycles. The Bertz CT molecular complexity index is 801. The van der Waals surface area contributed by atoms with Gasteiger partial charge in [-0.05, 0) is 42.5 Å². The topological polar surface area (TPSA) is 46.6 Å². The maximum absolute atomic E-state index is 12.9. The molecular weight excluding hydrogens is 369 g/mol. The minimum absolute atomic E-state index is 0.0355. The van der Waals surface area contributed by atoms with Crippen LogP contribution in [-0.4, -0.2) is 35.8 Å². The Morgan fingerprint density at radius 3 is 2.44 bits per heavy atom. The van der Waals surface area contributed by atoms with Crippen LogP contribution < -0.4 is 4.74 Å². The van der Waals surface area contributed by atoms with Gasteiger partial charge >= 0.3 is 0 Å². The van der Waals surface area contributed by atoms with Gasteiger partial charge in [-0.3, -0.25) is 9.59 Å². The Balaban J connectivity index is 1.43. The van der Waals surface area contributed by atoms with E-state index >= 15 is 0 Å². The van der Waals surface area contributed by atoms with Crippen molar-refractivity contribution >= 4 is 23.3 Å². The summed E-state index contributed by atoms with van der Waals surface area (Å²) in [4.78, 5) is 26.2. The fourth-order valence-corrected chi connectivity index (χ4v) is 3.29. The van der Waals surface area contributed by atoms with E-state index in [1.165, 1.54) is 24.3 Å². The number of likely N-dealkylation sites (tertiary alicyclic amines) is 1. The molecule has 0 unspecified atom stereocenters. The number of carbonyl (C=O) groups is 2. The van der Waals surface area contributed by atoms with Crippen LogP contribution >= 0.6 is 11.6 Å². The highest BCUT2D eigenvalue weighted by Crippen LogP contribution is 2.22. The molecule has 27 heavy (non-hydrogen) atoms. The van der Waals surface area contributed by atoms with E-state index in [1.807, 2.05) is 12.1 Å². The van der Waals surface area contributed by atoms with Crippen LogP contribution in [0.25, 0.3) is 0 Å². The predicted molar refractivity (Wildman–Crippen MR) is 102 cm³/mol. The van der Waals surface area contributed by atoms with Crippen LogP contribution in [0.2, 0.25) is 5.02 Å². The molecule has 1 fully saturated rings. The molecule has 3 rings (SSSR count). The molecule has 0 atom stereocenters. The standard InChI is InChI=1S/C21H21ClFNO3/c22-16-2-1-3-19(14-16)27-18-10-12-24(13-11-18)21(26)9-8-20(25)15-4-6-17(23)7-5-15/h1-7,14,18H,8-13H2. The van der Waals surface area contributed by atoms with E-state index in [0.717, 1.165) is 18.6 Å². The number of carbonyl (C=O) groups excluding carboxylic acids is 2. The number of hydrogen-bond acceptors (Lipinski definition) is 3. The van der Waals surface area contributed by atoms with E-state index in [0.29, 0.717) is 23.7 Å². The maximum atomic E-state index is 12.9. The summed E-state index contributed by atoms with van der Waals surface area (Å²) in [6.07, 6.45) is 1.82. The number of benzene rings is 2. The lowest BCUT2D eigenvalue weighted by Gasteiger charge is -2.32. The number of nitrogens with zero attached hydrogens (tertiary/aromatic N) is 1. The van der Waals surface area contributed by atoms with Gasteiger partial charge < -0.3 is 9.64 Å². The van der Waals surface area contributed by atoms with Crippen molar-refractivity contribution in [1.82, 2.24) is 4.90 Å². The van der Waals surface area contributed by atoms with Crippen LogP contribution in [-0.2, 0) is 4.79 Å². The van der Waals surface area contributed by atoms with Gasteiger partial charge in [0.1, 0.15) is 17.7 Å². The number of ether oxygens (including phenoxy) is 1. The smallest absolute Gasteiger partial charge is 0.223 e. The van der Waals surface area contributed by atoms with Crippen LogP contribution in [0.1, 0.15) is 36.0 Å². The lowest BCUT2D eigenvalue weighted by molar-refractivity contribution is -0.132. The van der Waals surface area contributed by atoms with Crippen molar-refractivity contribution in [3.05, 3.63) is 64.9 Å². The third-order valence-electron chi connectivity index (χ3n) is 4.63. The van der Waals surface area contributed by atoms with Crippen molar-refractivity contribution in [3.8, 4) is 5.75 Å². The fraction of sp³-hybridized carbons (Fsp3) is 0.333. The van der Waals surface area contributed by atoms with Gasteiger partial charge in [0.05, 0.1) is 0 Å². The van der Waals surface area contributed by atoms with Gasteiger partial charge in [-0.1, -0.05) is 17.7 Å². The van der Waals surface area contributed by atoms with Gasteiger partial charge in [0.2, 0.25) is 5.91 Å². The van der Waals surface area contributed by atoms with E-state index in [4.69, 9.17) is 16.3 Å². The van der Waals surface area contributed by atoms with Crippen LogP contribution in [0.5, 0.6) is 5.75 Å². The van der Waals surface area contributed by atoms with Crippen molar-refractivity contribution in [2.75, 3.05) is 13.1 Å². The summed E-state index contributed by atoms with van der Waals surface area (Å²) in [5.74, 6) is 0.164. The molecule has 0 spiro atoms. The lowest BCUT2D eigenvalue weighted by atomic mass is 10.0. The third kappa shape index (κ3) is 5.54. The average molecular weight is 390 g/mol. The highest BCUT2D eigenvalue weighted by molar-refractivity contribution is 6.30. The molecule has 1 amide bonds. The van der Waals surface area contributed by atoms with Gasteiger partial charge in [0.15, 0.2) is 5.78 Å². The van der Waals surface area contributed by atoms with Crippen LogP contribution in [0.4, 0.5) is 4.39 Å². The van der Waals surface area contributed by atoms with E-state index in [9.17, 15) is 14.0 Å². The molecule has 1 aliphatic rings. The second-order valence-electron chi connectivity index (χ2n) is 6.59. The Morgan fingerprint density at radius 2 is 1.78 bits per heavy atom. The Morgan fingerprint density at radius 1 is 1.07 bits per heavy atom. The molecule has 6 heteroatoms. The molecule has 2 aromatic rings. The van der Waals surface area contributed by atoms with E-state index in [-0.39, 0.29) is 36.5 Å². The quantitative estimate of drug-likeness (QED) is 0.683. The van der Waals surface area contributed by atoms with E-state index in [2.05, 4.69) is 0 Å². The second-order valence-corrected chi connectivity index (χ2v) is 7.02. The summed E-state index contributed by atoms with van der Waals surface area (Å²) < 4.78 is 18.8. The molecule has 0 aromatic heterocycles. The number of ketones is 1. The molecule has 2 aromatic carbocycles. The molecule has 1 aliphatic heterocycles. The van der Waals surface area contributed by atoms with Crippen LogP contribution in [0, 0.1) is 5.82 Å². The normalized spacial score (nSPS) is 14.8. The van der Waals surface area contributed by atoms with Gasteiger partial charge in [-0.15, -0.1) is 0 Å². The molecule has 0 saturated carbocycles. The van der Waals surface area contributed by atoms with Crippen molar-refractivity contribution in [2.24, 2.45) is 0 Å². The van der Waals surface area contributed by atoms with Gasteiger partial charge in [-0.2, -0.15) is 0 Å². The summed E-state index contributed by atoms with van der Waals surface area (Å²) >= 11 is 5.96. The third-order valence-corrected chi connectivity index (χ3v) is 4.86.